The molecule has 2 heterocycles. The van der Waals surface area contributed by atoms with Gasteiger partial charge in [-0.1, -0.05) is 18.7 Å². The first-order valence-electron chi connectivity index (χ1n) is 4.40. The quantitative estimate of drug-likeness (QED) is 0.605. The molecule has 0 radical (unpaired) electrons. The molecule has 11 heteroatoms. The maximum atomic E-state index is 9.56. The van der Waals surface area contributed by atoms with Crippen molar-refractivity contribution in [2.75, 3.05) is 12.5 Å². The molecule has 1 aromatic heterocycles. The maximum absolute atomic E-state index is 9.56. The van der Waals surface area contributed by atoms with E-state index in [0.29, 0.717) is 0 Å². The molecule has 19 heavy (non-hydrogen) atoms. The Morgan fingerprint density at radius 2 is 1.79 bits per heavy atom. The van der Waals surface area contributed by atoms with Crippen LogP contribution in [0.4, 0.5) is 0 Å². The molecular formula is C8H14Cl4N4ORuS. The van der Waals surface area contributed by atoms with Crippen LogP contribution in [0.5, 0.6) is 0 Å². The average molecular weight is 457 g/mol. The van der Waals surface area contributed by atoms with Gasteiger partial charge < -0.3 is 9.97 Å². The first kappa shape index (κ1) is 21.8. The van der Waals surface area contributed by atoms with Crippen molar-refractivity contribution >= 4 is 55.9 Å². The predicted octanol–water partition coefficient (Wildman–Crippen LogP) is 1.85. The van der Waals surface area contributed by atoms with Crippen LogP contribution < -0.4 is 10.3 Å². The molecule has 0 saturated carbocycles. The van der Waals surface area contributed by atoms with Crippen LogP contribution in [0.15, 0.2) is 36.1 Å². The summed E-state index contributed by atoms with van der Waals surface area (Å²) in [6.45, 7) is 0. The SMILES string of the molecule is C1=C[NH2+]C=N1.CS(C)=O.[Cl][Ru]([Cl])([Cl])[Cl].c1c[n-]cn1. The number of rotatable bonds is 0. The van der Waals surface area contributed by atoms with E-state index in [-0.39, 0.29) is 0 Å². The molecule has 1 aromatic rings. The van der Waals surface area contributed by atoms with Gasteiger partial charge in [0.1, 0.15) is 6.20 Å². The summed E-state index contributed by atoms with van der Waals surface area (Å²) in [6.07, 6.45) is 13.4. The van der Waals surface area contributed by atoms with Gasteiger partial charge in [-0.15, -0.1) is 0 Å². The van der Waals surface area contributed by atoms with Crippen LogP contribution in [0.2, 0.25) is 0 Å². The zero-order chi connectivity index (χ0) is 15.1. The summed E-state index contributed by atoms with van der Waals surface area (Å²) in [5.74, 6) is 0. The van der Waals surface area contributed by atoms with E-state index in [0.717, 1.165) is 0 Å². The Labute approximate surface area is 134 Å². The van der Waals surface area contributed by atoms with Gasteiger partial charge in [0.05, 0.1) is 6.20 Å². The van der Waals surface area contributed by atoms with E-state index in [9.17, 15) is 4.21 Å². The van der Waals surface area contributed by atoms with Gasteiger partial charge in [0.15, 0.2) is 6.34 Å². The van der Waals surface area contributed by atoms with Gasteiger partial charge in [-0.2, -0.15) is 0 Å². The molecule has 1 aliphatic heterocycles. The van der Waals surface area contributed by atoms with E-state index in [1.807, 2.05) is 11.5 Å². The standard InChI is InChI=1S/C3H4N2.C3H3N2.C2H6OS.4ClH.Ru/c2*1-2-5-3-4-1;1-4(2)3;;;;;/h1-3H,(H,4,5);1-3H;1-2H3;4*1H;/q;-1;;;;;;+4/p-3. The summed E-state index contributed by atoms with van der Waals surface area (Å²) < 4.78 is 9.56. The predicted molar refractivity (Wildman–Crippen MR) is 80.5 cm³/mol. The van der Waals surface area contributed by atoms with Gasteiger partial charge >= 0.3 is 49.6 Å². The molecule has 2 rings (SSSR count). The molecule has 0 aliphatic carbocycles. The number of quaternary nitrogens is 1. The first-order valence-corrected chi connectivity index (χ1v) is 15.3. The number of nitrogens with zero attached hydrogens (tertiary/aromatic N) is 3. The topological polar surface area (TPSA) is 73.0 Å². The molecule has 0 saturated heterocycles. The van der Waals surface area contributed by atoms with E-state index < -0.39 is 21.6 Å². The molecule has 5 nitrogen and oxygen atoms in total. The number of imidazole rings is 1. The Kier molecular flexibility index (Phi) is 17.1. The normalized spacial score (nSPS) is 12.6. The third-order valence-electron chi connectivity index (χ3n) is 0.828. The Morgan fingerprint density at radius 3 is 1.89 bits per heavy atom. The van der Waals surface area contributed by atoms with Crippen LogP contribution in [-0.2, 0) is 21.6 Å². The van der Waals surface area contributed by atoms with Crippen molar-refractivity contribution in [3.8, 4) is 0 Å². The number of aliphatic imine (C=N–C) groups is 1. The van der Waals surface area contributed by atoms with Crippen molar-refractivity contribution < 1.29 is 20.3 Å². The largest absolute Gasteiger partial charge is 0.450 e. The fourth-order valence-electron chi connectivity index (χ4n) is 0.441. The molecule has 2 N–H and O–H groups in total. The minimum Gasteiger partial charge on any atom is -0.450 e. The Bertz CT molecular complexity index is 332. The van der Waals surface area contributed by atoms with Gasteiger partial charge in [0.25, 0.3) is 0 Å². The minimum atomic E-state index is -2.97. The second-order valence-corrected chi connectivity index (χ2v) is 19.9. The fourth-order valence-corrected chi connectivity index (χ4v) is 0.441. The summed E-state index contributed by atoms with van der Waals surface area (Å²) in [7, 11) is 16.4. The Hall–Kier alpha value is 0.513. The zero-order valence-corrected chi connectivity index (χ0v) is 15.6. The van der Waals surface area contributed by atoms with Crippen molar-refractivity contribution in [2.24, 2.45) is 4.99 Å². The van der Waals surface area contributed by atoms with Crippen molar-refractivity contribution in [2.45, 2.75) is 0 Å². The summed E-state index contributed by atoms with van der Waals surface area (Å²) >= 11 is 0. The smallest absolute Gasteiger partial charge is 0.0843 e. The maximum Gasteiger partial charge on any atom is -0.0843 e. The Morgan fingerprint density at radius 1 is 1.26 bits per heavy atom. The van der Waals surface area contributed by atoms with E-state index >= 15 is 0 Å². The van der Waals surface area contributed by atoms with E-state index in [4.69, 9.17) is 38.8 Å². The average Bonchev–Trinajstić information content (AvgIpc) is 2.94. The molecule has 0 spiro atoms. The third kappa shape index (κ3) is 45.7. The second kappa shape index (κ2) is 14.9. The van der Waals surface area contributed by atoms with Crippen molar-refractivity contribution in [1.29, 1.82) is 0 Å². The van der Waals surface area contributed by atoms with Crippen LogP contribution in [0, 0.1) is 0 Å². The third-order valence-corrected chi connectivity index (χ3v) is 0.828. The van der Waals surface area contributed by atoms with Gasteiger partial charge in [-0.3, -0.25) is 9.53 Å². The number of hydrogen-bond acceptors (Lipinski definition) is 3. The van der Waals surface area contributed by atoms with Crippen LogP contribution in [0.1, 0.15) is 0 Å². The zero-order valence-electron chi connectivity index (χ0n) is 10.1. The molecule has 0 amide bonds. The van der Waals surface area contributed by atoms with E-state index in [1.54, 1.807) is 37.4 Å². The van der Waals surface area contributed by atoms with Gasteiger partial charge in [-0.05, 0) is 0 Å². The van der Waals surface area contributed by atoms with Crippen molar-refractivity contribution in [3.05, 3.63) is 31.1 Å². The van der Waals surface area contributed by atoms with Crippen LogP contribution in [-0.4, -0.2) is 28.0 Å². The Balaban J connectivity index is 0. The molecular weight excluding hydrogens is 443 g/mol. The molecule has 0 bridgehead atoms. The summed E-state index contributed by atoms with van der Waals surface area (Å²) in [5, 5.41) is 1.89. The summed E-state index contributed by atoms with van der Waals surface area (Å²) in [6, 6.07) is 0. The minimum absolute atomic E-state index is 0.611. The van der Waals surface area contributed by atoms with Crippen LogP contribution in [0.25, 0.3) is 0 Å². The molecule has 0 unspecified atom stereocenters. The molecule has 0 aromatic carbocycles. The molecule has 0 atom stereocenters. The summed E-state index contributed by atoms with van der Waals surface area (Å²) in [5.41, 5.74) is 0. The molecule has 0 fully saturated rings. The molecule has 114 valence electrons. The second-order valence-electron chi connectivity index (χ2n) is 2.59. The van der Waals surface area contributed by atoms with Gasteiger partial charge in [0, 0.05) is 23.3 Å². The number of halogens is 4. The number of hydrogen-bond donors (Lipinski definition) is 1. The monoisotopic (exact) mass is 456 g/mol. The van der Waals surface area contributed by atoms with Gasteiger partial charge in [-0.25, -0.2) is 4.99 Å². The summed E-state index contributed by atoms with van der Waals surface area (Å²) in [4.78, 5) is 10.9. The van der Waals surface area contributed by atoms with E-state index in [2.05, 4.69) is 15.0 Å². The molecule has 1 aliphatic rings. The fraction of sp³-hybridized carbons (Fsp3) is 0.250. The number of aromatic nitrogens is 2. The van der Waals surface area contributed by atoms with Crippen molar-refractivity contribution in [1.82, 2.24) is 9.97 Å². The van der Waals surface area contributed by atoms with Gasteiger partial charge in [0.2, 0.25) is 0 Å². The van der Waals surface area contributed by atoms with E-state index in [1.165, 1.54) is 6.33 Å². The van der Waals surface area contributed by atoms with Crippen LogP contribution in [0.3, 0.4) is 0 Å². The number of nitrogens with two attached hydrogens (primary N) is 1. The first-order chi connectivity index (χ1) is 8.73. The van der Waals surface area contributed by atoms with Crippen molar-refractivity contribution in [3.63, 3.8) is 0 Å². The van der Waals surface area contributed by atoms with Crippen LogP contribution >= 0.6 is 38.8 Å².